The molecule has 7 atom stereocenters. The van der Waals surface area contributed by atoms with Crippen molar-refractivity contribution >= 4 is 18.2 Å². The fourth-order valence-electron chi connectivity index (χ4n) is 6.08. The molecule has 3 fully saturated rings. The van der Waals surface area contributed by atoms with Crippen molar-refractivity contribution in [3.63, 3.8) is 0 Å². The smallest absolute Gasteiger partial charge is 0.306 e. The molecule has 1 amide bonds. The maximum absolute atomic E-state index is 12.7. The zero-order chi connectivity index (χ0) is 31.5. The van der Waals surface area contributed by atoms with Gasteiger partial charge in [-0.25, -0.2) is 0 Å². The number of nitrogens with one attached hydrogen (secondary N) is 2. The normalized spacial score (nSPS) is 30.1. The quantitative estimate of drug-likeness (QED) is 0.0656. The van der Waals surface area contributed by atoms with Crippen molar-refractivity contribution in [1.29, 1.82) is 0 Å². The highest BCUT2D eigenvalue weighted by molar-refractivity contribution is 5.76. The minimum Gasteiger partial charge on any atom is -0.460 e. The van der Waals surface area contributed by atoms with Crippen LogP contribution in [0.5, 0.6) is 0 Å². The summed E-state index contributed by atoms with van der Waals surface area (Å²) in [5.74, 6) is -0.149. The van der Waals surface area contributed by atoms with Gasteiger partial charge in [-0.2, -0.15) is 0 Å². The summed E-state index contributed by atoms with van der Waals surface area (Å²) in [6, 6.07) is -0.239. The van der Waals surface area contributed by atoms with E-state index in [2.05, 4.69) is 37.5 Å². The van der Waals surface area contributed by atoms with E-state index in [0.717, 1.165) is 19.1 Å². The summed E-state index contributed by atoms with van der Waals surface area (Å²) in [4.78, 5) is 35.5. The van der Waals surface area contributed by atoms with Crippen LogP contribution in [0.15, 0.2) is 11.6 Å². The maximum Gasteiger partial charge on any atom is 0.306 e. The van der Waals surface area contributed by atoms with E-state index in [1.54, 1.807) is 7.11 Å². The molecule has 0 bridgehead atoms. The molecular formula is C32H54N2O9. The first-order valence-electron chi connectivity index (χ1n) is 15.8. The lowest BCUT2D eigenvalue weighted by molar-refractivity contribution is -0.172. The number of amides is 1. The van der Waals surface area contributed by atoms with E-state index in [1.165, 1.54) is 5.57 Å². The molecule has 1 spiro atoms. The molecule has 0 aromatic rings. The van der Waals surface area contributed by atoms with Gasteiger partial charge in [0.25, 0.3) is 0 Å². The fourth-order valence-corrected chi connectivity index (χ4v) is 6.08. The van der Waals surface area contributed by atoms with E-state index in [9.17, 15) is 14.4 Å². The molecule has 0 aromatic heterocycles. The lowest BCUT2D eigenvalue weighted by Crippen LogP contribution is -2.55. The topological polar surface area (TPSA) is 137 Å². The first-order valence-corrected chi connectivity index (χ1v) is 15.8. The van der Waals surface area contributed by atoms with Crippen LogP contribution < -0.4 is 10.6 Å². The highest BCUT2D eigenvalue weighted by Gasteiger charge is 2.72. The van der Waals surface area contributed by atoms with Crippen molar-refractivity contribution in [2.75, 3.05) is 53.2 Å². The van der Waals surface area contributed by atoms with Crippen molar-refractivity contribution in [1.82, 2.24) is 10.6 Å². The Morgan fingerprint density at radius 1 is 1.07 bits per heavy atom. The molecular weight excluding hydrogens is 556 g/mol. The van der Waals surface area contributed by atoms with Gasteiger partial charge < -0.3 is 43.8 Å². The Hall–Kier alpha value is -1.89. The molecule has 2 heterocycles. The molecule has 11 heteroatoms. The average molecular weight is 611 g/mol. The van der Waals surface area contributed by atoms with Crippen LogP contribution in [0.4, 0.5) is 0 Å². The summed E-state index contributed by atoms with van der Waals surface area (Å²) in [5.41, 5.74) is 0.665. The van der Waals surface area contributed by atoms with Crippen molar-refractivity contribution < 1.29 is 42.8 Å². The van der Waals surface area contributed by atoms with E-state index >= 15 is 0 Å². The number of aldehydes is 1. The predicted octanol–water partition coefficient (Wildman–Crippen LogP) is 2.74. The van der Waals surface area contributed by atoms with Gasteiger partial charge in [-0.3, -0.25) is 9.59 Å². The van der Waals surface area contributed by atoms with E-state index in [0.29, 0.717) is 65.4 Å². The minimum absolute atomic E-state index is 0.00617. The molecule has 1 aliphatic carbocycles. The molecule has 3 aliphatic rings. The van der Waals surface area contributed by atoms with Crippen LogP contribution in [0.1, 0.15) is 73.1 Å². The molecule has 2 aliphatic heterocycles. The van der Waals surface area contributed by atoms with E-state index < -0.39 is 0 Å². The van der Waals surface area contributed by atoms with E-state index in [-0.39, 0.29) is 65.7 Å². The SMILES string of the molecule is COC1C(OC(=O)CCCOCCOCCNC(=O)CCN[C@H](C=O)C(C)C)CC[C@]2(CO2)C1C1(C)O[C@@H]1CC=C(C)C. The Morgan fingerprint density at radius 2 is 1.79 bits per heavy atom. The van der Waals surface area contributed by atoms with Crippen molar-refractivity contribution in [2.24, 2.45) is 11.8 Å². The fraction of sp³-hybridized carbons (Fsp3) is 0.844. The number of hydrogen-bond donors (Lipinski definition) is 2. The molecule has 0 radical (unpaired) electrons. The van der Waals surface area contributed by atoms with Gasteiger partial charge in [0.2, 0.25) is 5.91 Å². The number of carbonyl (C=O) groups is 3. The van der Waals surface area contributed by atoms with Crippen LogP contribution in [0.25, 0.3) is 0 Å². The molecule has 1 saturated carbocycles. The second-order valence-electron chi connectivity index (χ2n) is 12.7. The highest BCUT2D eigenvalue weighted by atomic mass is 16.6. The monoisotopic (exact) mass is 610 g/mol. The number of esters is 1. The second kappa shape index (κ2) is 17.0. The van der Waals surface area contributed by atoms with Crippen LogP contribution in [0, 0.1) is 11.8 Å². The molecule has 43 heavy (non-hydrogen) atoms. The Labute approximate surface area is 257 Å². The van der Waals surface area contributed by atoms with Crippen LogP contribution in [0.3, 0.4) is 0 Å². The van der Waals surface area contributed by atoms with E-state index in [1.807, 2.05) is 13.8 Å². The van der Waals surface area contributed by atoms with Crippen molar-refractivity contribution in [2.45, 2.75) is 109 Å². The molecule has 11 nitrogen and oxygen atoms in total. The number of methoxy groups -OCH3 is 1. The standard InChI is InChI=1S/C32H54N2O9/c1-22(2)9-10-26-31(5,43-26)30-29(38-6)25(11-13-32(30)21-41-32)42-28(37)8-7-16-39-18-19-40-17-15-34-27(36)12-14-33-24(20-35)23(3)4/h9,20,23-26,29-30,33H,7-8,10-19,21H2,1-6H3,(H,34,36)/t24-,25?,26-,29?,30?,31?,32+/m1/s1. The van der Waals surface area contributed by atoms with E-state index in [4.69, 9.17) is 28.4 Å². The second-order valence-corrected chi connectivity index (χ2v) is 12.7. The lowest BCUT2D eigenvalue weighted by Gasteiger charge is -2.42. The van der Waals surface area contributed by atoms with Gasteiger partial charge in [-0.1, -0.05) is 25.5 Å². The van der Waals surface area contributed by atoms with Gasteiger partial charge in [-0.15, -0.1) is 0 Å². The predicted molar refractivity (Wildman–Crippen MR) is 161 cm³/mol. The van der Waals surface area contributed by atoms with Gasteiger partial charge in [0, 0.05) is 39.6 Å². The zero-order valence-corrected chi connectivity index (χ0v) is 27.0. The average Bonchev–Trinajstić information content (AvgIpc) is 3.88. The van der Waals surface area contributed by atoms with Gasteiger partial charge in [0.1, 0.15) is 29.7 Å². The lowest BCUT2D eigenvalue weighted by atomic mass is 9.68. The Balaban J connectivity index is 1.24. The summed E-state index contributed by atoms with van der Waals surface area (Å²) in [7, 11) is 1.68. The Kier molecular flexibility index (Phi) is 14.1. The number of hydrogen-bond acceptors (Lipinski definition) is 10. The van der Waals surface area contributed by atoms with Crippen LogP contribution >= 0.6 is 0 Å². The summed E-state index contributed by atoms with van der Waals surface area (Å²) in [6.45, 7) is 13.4. The zero-order valence-electron chi connectivity index (χ0n) is 27.0. The summed E-state index contributed by atoms with van der Waals surface area (Å²) >= 11 is 0. The Morgan fingerprint density at radius 3 is 2.42 bits per heavy atom. The van der Waals surface area contributed by atoms with Gasteiger partial charge >= 0.3 is 5.97 Å². The van der Waals surface area contributed by atoms with Crippen molar-refractivity contribution in [3.05, 3.63) is 11.6 Å². The molecule has 0 aromatic carbocycles. The van der Waals surface area contributed by atoms with Crippen molar-refractivity contribution in [3.8, 4) is 0 Å². The van der Waals surface area contributed by atoms with Gasteiger partial charge in [0.15, 0.2) is 0 Å². The number of epoxide rings is 2. The van der Waals surface area contributed by atoms with Crippen LogP contribution in [-0.4, -0.2) is 107 Å². The molecule has 2 saturated heterocycles. The molecule has 3 rings (SSSR count). The third kappa shape index (κ3) is 10.6. The maximum atomic E-state index is 12.7. The Bertz CT molecular complexity index is 934. The first-order chi connectivity index (χ1) is 20.6. The first kappa shape index (κ1) is 35.6. The number of allylic oxidation sites excluding steroid dienone is 1. The third-order valence-corrected chi connectivity index (χ3v) is 8.73. The number of ether oxygens (including phenoxy) is 6. The number of carbonyl (C=O) groups excluding carboxylic acids is 3. The molecule has 2 N–H and O–H groups in total. The third-order valence-electron chi connectivity index (χ3n) is 8.73. The van der Waals surface area contributed by atoms with Gasteiger partial charge in [0.05, 0.1) is 44.5 Å². The minimum atomic E-state index is -0.359. The van der Waals surface area contributed by atoms with Gasteiger partial charge in [-0.05, 0) is 52.4 Å². The number of rotatable bonds is 21. The summed E-state index contributed by atoms with van der Waals surface area (Å²) in [5, 5.41) is 5.86. The van der Waals surface area contributed by atoms with Crippen LogP contribution in [0.2, 0.25) is 0 Å². The highest BCUT2D eigenvalue weighted by Crippen LogP contribution is 2.59. The summed E-state index contributed by atoms with van der Waals surface area (Å²) < 4.78 is 35.2. The molecule has 246 valence electrons. The largest absolute Gasteiger partial charge is 0.460 e. The molecule has 4 unspecified atom stereocenters. The van der Waals surface area contributed by atoms with Crippen LogP contribution in [-0.2, 0) is 42.8 Å². The summed E-state index contributed by atoms with van der Waals surface area (Å²) in [6.07, 6.45) is 6.09.